The van der Waals surface area contributed by atoms with E-state index in [1.807, 2.05) is 0 Å². The van der Waals surface area contributed by atoms with E-state index < -0.39 is 9.84 Å². The summed E-state index contributed by atoms with van der Waals surface area (Å²) in [4.78, 5) is 12.3. The summed E-state index contributed by atoms with van der Waals surface area (Å²) in [6.45, 7) is 2.01. The highest BCUT2D eigenvalue weighted by atomic mass is 32.2. The molecule has 1 saturated heterocycles. The van der Waals surface area contributed by atoms with Crippen LogP contribution in [0.2, 0.25) is 0 Å². The maximum atomic E-state index is 12.3. The van der Waals surface area contributed by atoms with Crippen molar-refractivity contribution >= 4 is 21.4 Å². The number of carbonyl (C=O) groups excluding carboxylic acids is 1. The molecule has 1 saturated carbocycles. The number of hydrogen-bond acceptors (Lipinski definition) is 4. The first-order valence-corrected chi connectivity index (χ1v) is 9.72. The monoisotopic (exact) mass is 322 g/mol. The van der Waals surface area contributed by atoms with Gasteiger partial charge in [-0.3, -0.25) is 4.79 Å². The van der Waals surface area contributed by atoms with Crippen LogP contribution in [0.3, 0.4) is 0 Å². The Bertz CT molecular complexity index is 661. The van der Waals surface area contributed by atoms with Gasteiger partial charge < -0.3 is 10.6 Å². The molecule has 3 rings (SSSR count). The summed E-state index contributed by atoms with van der Waals surface area (Å²) < 4.78 is 22.5. The quantitative estimate of drug-likeness (QED) is 0.882. The predicted octanol–water partition coefficient (Wildman–Crippen LogP) is 1.56. The molecule has 1 spiro atoms. The van der Waals surface area contributed by atoms with Gasteiger partial charge in [0.05, 0.1) is 5.75 Å². The molecule has 6 heteroatoms. The van der Waals surface area contributed by atoms with E-state index in [4.69, 9.17) is 0 Å². The van der Waals surface area contributed by atoms with Crippen molar-refractivity contribution in [2.45, 2.75) is 25.0 Å². The van der Waals surface area contributed by atoms with Gasteiger partial charge in [0.25, 0.3) is 0 Å². The first kappa shape index (κ1) is 15.5. The van der Waals surface area contributed by atoms with Gasteiger partial charge in [-0.15, -0.1) is 0 Å². The van der Waals surface area contributed by atoms with Crippen LogP contribution in [-0.4, -0.2) is 33.7 Å². The standard InChI is InChI=1S/C16H22N2O3S/c1-22(20,21)11-12-2-4-13(5-3-12)18-15(19)14-10-16(14)6-8-17-9-7-16/h2-5,14,17H,6-11H2,1H3,(H,18,19). The second-order valence-corrected chi connectivity index (χ2v) is 8.77. The van der Waals surface area contributed by atoms with Crippen LogP contribution in [0.4, 0.5) is 5.69 Å². The Morgan fingerprint density at radius 3 is 2.50 bits per heavy atom. The summed E-state index contributed by atoms with van der Waals surface area (Å²) in [5.41, 5.74) is 1.70. The fourth-order valence-electron chi connectivity index (χ4n) is 3.41. The maximum absolute atomic E-state index is 12.3. The summed E-state index contributed by atoms with van der Waals surface area (Å²) in [6, 6.07) is 7.06. The molecule has 5 nitrogen and oxygen atoms in total. The van der Waals surface area contributed by atoms with Gasteiger partial charge in [-0.2, -0.15) is 0 Å². The first-order valence-electron chi connectivity index (χ1n) is 7.66. The van der Waals surface area contributed by atoms with Gasteiger partial charge >= 0.3 is 0 Å². The number of nitrogens with one attached hydrogen (secondary N) is 2. The highest BCUT2D eigenvalue weighted by molar-refractivity contribution is 7.89. The summed E-state index contributed by atoms with van der Waals surface area (Å²) >= 11 is 0. The molecule has 1 aromatic rings. The number of piperidine rings is 1. The minimum absolute atomic E-state index is 0.0277. The zero-order chi connectivity index (χ0) is 15.8. The molecule has 1 aliphatic heterocycles. The lowest BCUT2D eigenvalue weighted by Crippen LogP contribution is -2.31. The van der Waals surface area contributed by atoms with Crippen LogP contribution in [0.1, 0.15) is 24.8 Å². The Hall–Kier alpha value is -1.40. The third kappa shape index (κ3) is 3.50. The number of carbonyl (C=O) groups is 1. The van der Waals surface area contributed by atoms with Crippen molar-refractivity contribution in [3.05, 3.63) is 29.8 Å². The zero-order valence-electron chi connectivity index (χ0n) is 12.8. The van der Waals surface area contributed by atoms with E-state index in [0.717, 1.165) is 43.6 Å². The van der Waals surface area contributed by atoms with Gasteiger partial charge in [-0.1, -0.05) is 12.1 Å². The Kier molecular flexibility index (Phi) is 3.99. The topological polar surface area (TPSA) is 75.3 Å². The highest BCUT2D eigenvalue weighted by Gasteiger charge is 2.57. The second-order valence-electron chi connectivity index (χ2n) is 6.63. The molecule has 1 aliphatic carbocycles. The molecule has 1 aromatic carbocycles. The van der Waals surface area contributed by atoms with Crippen molar-refractivity contribution in [1.82, 2.24) is 5.32 Å². The molecule has 0 bridgehead atoms. The van der Waals surface area contributed by atoms with Crippen molar-refractivity contribution in [2.24, 2.45) is 11.3 Å². The third-order valence-electron chi connectivity index (χ3n) is 4.76. The minimum atomic E-state index is -3.03. The van der Waals surface area contributed by atoms with E-state index in [0.29, 0.717) is 0 Å². The maximum Gasteiger partial charge on any atom is 0.228 e. The summed E-state index contributed by atoms with van der Waals surface area (Å²) in [6.07, 6.45) is 4.37. The van der Waals surface area contributed by atoms with Crippen molar-refractivity contribution in [3.63, 3.8) is 0 Å². The van der Waals surface area contributed by atoms with Crippen LogP contribution in [0.5, 0.6) is 0 Å². The van der Waals surface area contributed by atoms with E-state index >= 15 is 0 Å². The lowest BCUT2D eigenvalue weighted by atomic mass is 9.92. The molecule has 2 fully saturated rings. The SMILES string of the molecule is CS(=O)(=O)Cc1ccc(NC(=O)C2CC23CCNCC3)cc1. The lowest BCUT2D eigenvalue weighted by molar-refractivity contribution is -0.118. The summed E-state index contributed by atoms with van der Waals surface area (Å²) in [7, 11) is -3.03. The molecule has 1 atom stereocenters. The highest BCUT2D eigenvalue weighted by Crippen LogP contribution is 2.58. The first-order chi connectivity index (χ1) is 10.4. The van der Waals surface area contributed by atoms with Crippen LogP contribution < -0.4 is 10.6 Å². The van der Waals surface area contributed by atoms with Gasteiger partial charge in [0.1, 0.15) is 0 Å². The Balaban J connectivity index is 1.58. The number of benzene rings is 1. The van der Waals surface area contributed by atoms with Crippen LogP contribution >= 0.6 is 0 Å². The molecule has 120 valence electrons. The Labute approximate surface area is 131 Å². The van der Waals surface area contributed by atoms with Crippen molar-refractivity contribution in [3.8, 4) is 0 Å². The van der Waals surface area contributed by atoms with Crippen LogP contribution in [-0.2, 0) is 20.4 Å². The lowest BCUT2D eigenvalue weighted by Gasteiger charge is -2.23. The molecule has 1 amide bonds. The molecule has 1 unspecified atom stereocenters. The number of sulfone groups is 1. The molecule has 0 aromatic heterocycles. The average Bonchev–Trinajstić information content (AvgIpc) is 3.14. The molecule has 2 aliphatic rings. The number of rotatable bonds is 4. The van der Waals surface area contributed by atoms with Gasteiger partial charge in [0.15, 0.2) is 9.84 Å². The molecular formula is C16H22N2O3S. The normalized spacial score (nSPS) is 23.2. The van der Waals surface area contributed by atoms with Gasteiger partial charge in [-0.25, -0.2) is 8.42 Å². The average molecular weight is 322 g/mol. The number of anilines is 1. The van der Waals surface area contributed by atoms with E-state index in [-0.39, 0.29) is 23.0 Å². The third-order valence-corrected chi connectivity index (χ3v) is 5.61. The molecular weight excluding hydrogens is 300 g/mol. The van der Waals surface area contributed by atoms with Crippen LogP contribution in [0.25, 0.3) is 0 Å². The predicted molar refractivity (Wildman–Crippen MR) is 86.3 cm³/mol. The van der Waals surface area contributed by atoms with Crippen molar-refractivity contribution in [2.75, 3.05) is 24.7 Å². The van der Waals surface area contributed by atoms with Crippen LogP contribution in [0.15, 0.2) is 24.3 Å². The van der Waals surface area contributed by atoms with Gasteiger partial charge in [-0.05, 0) is 55.5 Å². The smallest absolute Gasteiger partial charge is 0.228 e. The molecule has 0 radical (unpaired) electrons. The summed E-state index contributed by atoms with van der Waals surface area (Å²) in [5.74, 6) is 0.253. The zero-order valence-corrected chi connectivity index (χ0v) is 13.6. The molecule has 22 heavy (non-hydrogen) atoms. The van der Waals surface area contributed by atoms with E-state index in [1.54, 1.807) is 24.3 Å². The summed E-state index contributed by atoms with van der Waals surface area (Å²) in [5, 5.41) is 6.29. The van der Waals surface area contributed by atoms with Crippen molar-refractivity contribution < 1.29 is 13.2 Å². The van der Waals surface area contributed by atoms with E-state index in [2.05, 4.69) is 10.6 Å². The second kappa shape index (κ2) is 5.66. The van der Waals surface area contributed by atoms with E-state index in [1.165, 1.54) is 6.26 Å². The fraction of sp³-hybridized carbons (Fsp3) is 0.562. The van der Waals surface area contributed by atoms with E-state index in [9.17, 15) is 13.2 Å². The van der Waals surface area contributed by atoms with Gasteiger partial charge in [0, 0.05) is 17.9 Å². The number of amides is 1. The largest absolute Gasteiger partial charge is 0.326 e. The fourth-order valence-corrected chi connectivity index (χ4v) is 4.21. The van der Waals surface area contributed by atoms with Crippen molar-refractivity contribution in [1.29, 1.82) is 0 Å². The number of hydrogen-bond donors (Lipinski definition) is 2. The Morgan fingerprint density at radius 2 is 1.91 bits per heavy atom. The van der Waals surface area contributed by atoms with Gasteiger partial charge in [0.2, 0.25) is 5.91 Å². The molecule has 2 N–H and O–H groups in total. The molecule has 1 heterocycles. The Morgan fingerprint density at radius 1 is 1.27 bits per heavy atom. The van der Waals surface area contributed by atoms with Crippen LogP contribution in [0, 0.1) is 11.3 Å². The minimum Gasteiger partial charge on any atom is -0.326 e.